The van der Waals surface area contributed by atoms with Gasteiger partial charge in [0.05, 0.1) is 0 Å². The quantitative estimate of drug-likeness (QED) is 0.646. The van der Waals surface area contributed by atoms with Crippen LogP contribution in [-0.4, -0.2) is 12.5 Å². The minimum Gasteiger partial charge on any atom is -0.360 e. The van der Waals surface area contributed by atoms with Crippen LogP contribution >= 0.6 is 11.6 Å². The van der Waals surface area contributed by atoms with Gasteiger partial charge in [-0.1, -0.05) is 31.5 Å². The zero-order valence-corrected chi connectivity index (χ0v) is 12.6. The highest BCUT2D eigenvalue weighted by molar-refractivity contribution is 6.31. The molecular weight excluding hydrogens is 274 g/mol. The average Bonchev–Trinajstić information content (AvgIpc) is 2.41. The van der Waals surface area contributed by atoms with Gasteiger partial charge in [0, 0.05) is 23.5 Å². The van der Waals surface area contributed by atoms with Gasteiger partial charge in [0.1, 0.15) is 11.6 Å². The van der Waals surface area contributed by atoms with Crippen molar-refractivity contribution in [2.45, 2.75) is 20.8 Å². The highest BCUT2D eigenvalue weighted by Crippen LogP contribution is 2.20. The van der Waals surface area contributed by atoms with Gasteiger partial charge in [0.25, 0.3) is 5.91 Å². The van der Waals surface area contributed by atoms with Crippen LogP contribution in [0.2, 0.25) is 5.02 Å². The van der Waals surface area contributed by atoms with Crippen molar-refractivity contribution in [1.82, 2.24) is 5.32 Å². The Balaban J connectivity index is 2.72. The number of aryl methyl sites for hydroxylation is 1. The summed E-state index contributed by atoms with van der Waals surface area (Å²) in [6.07, 6.45) is 1.39. The monoisotopic (exact) mass is 291 g/mol. The van der Waals surface area contributed by atoms with Crippen LogP contribution in [0.1, 0.15) is 19.4 Å². The number of amides is 1. The number of halogens is 1. The number of carbonyl (C=O) groups excluding carboxylic acids is 1. The third kappa shape index (κ3) is 4.94. The molecule has 0 radical (unpaired) electrons. The molecule has 106 valence electrons. The summed E-state index contributed by atoms with van der Waals surface area (Å²) in [6, 6.07) is 7.32. The van der Waals surface area contributed by atoms with Crippen molar-refractivity contribution in [1.29, 1.82) is 5.26 Å². The lowest BCUT2D eigenvalue weighted by Gasteiger charge is -2.07. The first-order valence-electron chi connectivity index (χ1n) is 6.35. The third-order valence-corrected chi connectivity index (χ3v) is 3.00. The third-order valence-electron chi connectivity index (χ3n) is 2.59. The molecule has 1 aromatic rings. The van der Waals surface area contributed by atoms with Crippen LogP contribution in [0, 0.1) is 24.2 Å². The van der Waals surface area contributed by atoms with E-state index in [9.17, 15) is 4.79 Å². The van der Waals surface area contributed by atoms with Crippen LogP contribution in [0.4, 0.5) is 5.69 Å². The second-order valence-electron chi connectivity index (χ2n) is 4.88. The number of hydrogen-bond acceptors (Lipinski definition) is 3. The summed E-state index contributed by atoms with van der Waals surface area (Å²) >= 11 is 6.01. The standard InChI is InChI=1S/C15H18ClN3O/c1-10(2)8-19-15(20)12(7-17)9-18-13-5-4-11(3)14(16)6-13/h4-6,9-10,18H,8H2,1-3H3,(H,19,20)/b12-9-. The van der Waals surface area contributed by atoms with E-state index in [0.29, 0.717) is 17.5 Å². The molecule has 0 unspecified atom stereocenters. The SMILES string of the molecule is Cc1ccc(N/C=C(/C#N)C(=O)NCC(C)C)cc1Cl. The molecule has 0 spiro atoms. The summed E-state index contributed by atoms with van der Waals surface area (Å²) in [5, 5.41) is 15.2. The lowest BCUT2D eigenvalue weighted by atomic mass is 10.2. The van der Waals surface area contributed by atoms with Gasteiger partial charge in [-0.2, -0.15) is 5.26 Å². The Hall–Kier alpha value is -1.99. The minimum absolute atomic E-state index is 0.0300. The zero-order chi connectivity index (χ0) is 15.1. The van der Waals surface area contributed by atoms with Crippen LogP contribution in [-0.2, 0) is 4.79 Å². The smallest absolute Gasteiger partial charge is 0.263 e. The molecular formula is C15H18ClN3O. The molecule has 20 heavy (non-hydrogen) atoms. The van der Waals surface area contributed by atoms with E-state index >= 15 is 0 Å². The number of benzene rings is 1. The second-order valence-corrected chi connectivity index (χ2v) is 5.29. The Morgan fingerprint density at radius 2 is 2.20 bits per heavy atom. The summed E-state index contributed by atoms with van der Waals surface area (Å²) in [4.78, 5) is 11.8. The number of nitrogens with one attached hydrogen (secondary N) is 2. The molecule has 0 aliphatic heterocycles. The molecule has 0 aliphatic carbocycles. The average molecular weight is 292 g/mol. The Kier molecular flexibility index (Phi) is 6.08. The first-order chi connectivity index (χ1) is 9.43. The van der Waals surface area contributed by atoms with Crippen molar-refractivity contribution in [3.8, 4) is 6.07 Å². The molecule has 1 aromatic carbocycles. The molecule has 0 aliphatic rings. The molecule has 0 saturated heterocycles. The lowest BCUT2D eigenvalue weighted by molar-refractivity contribution is -0.117. The molecule has 1 amide bonds. The molecule has 0 bridgehead atoms. The van der Waals surface area contributed by atoms with Crippen molar-refractivity contribution in [2.75, 3.05) is 11.9 Å². The van der Waals surface area contributed by atoms with Gasteiger partial charge >= 0.3 is 0 Å². The molecule has 1 rings (SSSR count). The van der Waals surface area contributed by atoms with Gasteiger partial charge in [-0.15, -0.1) is 0 Å². The van der Waals surface area contributed by atoms with Crippen molar-refractivity contribution in [2.24, 2.45) is 5.92 Å². The number of nitriles is 1. The van der Waals surface area contributed by atoms with E-state index < -0.39 is 0 Å². The van der Waals surface area contributed by atoms with Crippen LogP contribution in [0.25, 0.3) is 0 Å². The number of hydrogen-bond donors (Lipinski definition) is 2. The van der Waals surface area contributed by atoms with Gasteiger partial charge in [-0.25, -0.2) is 0 Å². The van der Waals surface area contributed by atoms with Crippen molar-refractivity contribution in [3.63, 3.8) is 0 Å². The van der Waals surface area contributed by atoms with E-state index in [1.807, 2.05) is 39.0 Å². The molecule has 0 heterocycles. The maximum Gasteiger partial charge on any atom is 0.263 e. The van der Waals surface area contributed by atoms with Gasteiger partial charge in [0.15, 0.2) is 0 Å². The first kappa shape index (κ1) is 16.1. The van der Waals surface area contributed by atoms with Crippen LogP contribution in [0.3, 0.4) is 0 Å². The molecule has 0 atom stereocenters. The molecule has 0 saturated carbocycles. The highest BCUT2D eigenvalue weighted by Gasteiger charge is 2.08. The fraction of sp³-hybridized carbons (Fsp3) is 0.333. The van der Waals surface area contributed by atoms with E-state index in [-0.39, 0.29) is 11.5 Å². The first-order valence-corrected chi connectivity index (χ1v) is 6.73. The summed E-state index contributed by atoms with van der Waals surface area (Å²) < 4.78 is 0. The van der Waals surface area contributed by atoms with Crippen LogP contribution < -0.4 is 10.6 Å². The molecule has 2 N–H and O–H groups in total. The maximum absolute atomic E-state index is 11.8. The van der Waals surface area contributed by atoms with Crippen LogP contribution in [0.15, 0.2) is 30.0 Å². The Labute approximate surface area is 124 Å². The largest absolute Gasteiger partial charge is 0.360 e. The van der Waals surface area contributed by atoms with Crippen molar-refractivity contribution >= 4 is 23.2 Å². The predicted molar refractivity (Wildman–Crippen MR) is 81.4 cm³/mol. The van der Waals surface area contributed by atoms with Gasteiger partial charge in [0.2, 0.25) is 0 Å². The molecule has 4 nitrogen and oxygen atoms in total. The van der Waals surface area contributed by atoms with Crippen molar-refractivity contribution in [3.05, 3.63) is 40.6 Å². The predicted octanol–water partition coefficient (Wildman–Crippen LogP) is 3.24. The number of nitrogens with zero attached hydrogens (tertiary/aromatic N) is 1. The topological polar surface area (TPSA) is 64.9 Å². The maximum atomic E-state index is 11.8. The Morgan fingerprint density at radius 3 is 2.75 bits per heavy atom. The minimum atomic E-state index is -0.382. The number of anilines is 1. The summed E-state index contributed by atoms with van der Waals surface area (Å²) in [6.45, 7) is 6.42. The van der Waals surface area contributed by atoms with E-state index in [0.717, 1.165) is 11.3 Å². The number of carbonyl (C=O) groups is 1. The van der Waals surface area contributed by atoms with E-state index in [4.69, 9.17) is 16.9 Å². The van der Waals surface area contributed by atoms with Gasteiger partial charge in [-0.3, -0.25) is 4.79 Å². The van der Waals surface area contributed by atoms with E-state index in [1.165, 1.54) is 6.20 Å². The number of rotatable bonds is 5. The van der Waals surface area contributed by atoms with Crippen LogP contribution in [0.5, 0.6) is 0 Å². The van der Waals surface area contributed by atoms with Crippen molar-refractivity contribution < 1.29 is 4.79 Å². The van der Waals surface area contributed by atoms with Gasteiger partial charge in [-0.05, 0) is 30.5 Å². The Morgan fingerprint density at radius 1 is 1.50 bits per heavy atom. The summed E-state index contributed by atoms with van der Waals surface area (Å²) in [5.74, 6) is -0.0466. The fourth-order valence-electron chi connectivity index (χ4n) is 1.38. The highest BCUT2D eigenvalue weighted by atomic mass is 35.5. The van der Waals surface area contributed by atoms with Gasteiger partial charge < -0.3 is 10.6 Å². The summed E-state index contributed by atoms with van der Waals surface area (Å²) in [7, 11) is 0. The molecule has 5 heteroatoms. The molecule has 0 aromatic heterocycles. The Bertz CT molecular complexity index is 559. The van der Waals surface area contributed by atoms with E-state index in [1.54, 1.807) is 6.07 Å². The molecule has 0 fully saturated rings. The van der Waals surface area contributed by atoms with E-state index in [2.05, 4.69) is 10.6 Å². The fourth-order valence-corrected chi connectivity index (χ4v) is 1.56. The normalized spacial score (nSPS) is 11.1. The lowest BCUT2D eigenvalue weighted by Crippen LogP contribution is -2.28. The summed E-state index contributed by atoms with van der Waals surface area (Å²) in [5.41, 5.74) is 1.73. The zero-order valence-electron chi connectivity index (χ0n) is 11.8. The second kappa shape index (κ2) is 7.56.